The topological polar surface area (TPSA) is 41.1 Å². The Bertz CT molecular complexity index is 722. The number of hydrogen-bond acceptors (Lipinski definition) is 2. The van der Waals surface area contributed by atoms with E-state index in [1.165, 1.54) is 12.1 Å². The molecule has 0 fully saturated rings. The highest BCUT2D eigenvalue weighted by Gasteiger charge is 2.13. The molecule has 0 bridgehead atoms. The van der Waals surface area contributed by atoms with Gasteiger partial charge in [0.2, 0.25) is 5.91 Å². The van der Waals surface area contributed by atoms with Crippen LogP contribution < -0.4 is 10.6 Å². The SMILES string of the molecule is Cc1cc(Cl)ccc1NC(=O)CN[C@H](C)c1ccc(F)cc1F. The summed E-state index contributed by atoms with van der Waals surface area (Å²) in [5.41, 5.74) is 1.83. The maximum absolute atomic E-state index is 13.7. The molecular weight excluding hydrogens is 322 g/mol. The van der Waals surface area contributed by atoms with E-state index in [0.717, 1.165) is 11.6 Å². The second-order valence-electron chi connectivity index (χ2n) is 5.28. The maximum atomic E-state index is 13.7. The van der Waals surface area contributed by atoms with Crippen molar-refractivity contribution in [2.24, 2.45) is 0 Å². The highest BCUT2D eigenvalue weighted by atomic mass is 35.5. The van der Waals surface area contributed by atoms with Crippen LogP contribution in [0.25, 0.3) is 0 Å². The summed E-state index contributed by atoms with van der Waals surface area (Å²) in [6.45, 7) is 3.54. The highest BCUT2D eigenvalue weighted by molar-refractivity contribution is 6.30. The molecule has 2 aromatic rings. The van der Waals surface area contributed by atoms with E-state index in [0.29, 0.717) is 16.3 Å². The van der Waals surface area contributed by atoms with Crippen molar-refractivity contribution in [3.63, 3.8) is 0 Å². The molecule has 0 heterocycles. The zero-order valence-corrected chi connectivity index (χ0v) is 13.5. The molecule has 2 N–H and O–H groups in total. The molecule has 2 rings (SSSR count). The summed E-state index contributed by atoms with van der Waals surface area (Å²) in [5.74, 6) is -1.53. The van der Waals surface area contributed by atoms with Crippen LogP contribution in [-0.4, -0.2) is 12.5 Å². The van der Waals surface area contributed by atoms with Crippen molar-refractivity contribution in [3.05, 3.63) is 64.2 Å². The van der Waals surface area contributed by atoms with Crippen LogP contribution in [0.3, 0.4) is 0 Å². The smallest absolute Gasteiger partial charge is 0.238 e. The molecule has 23 heavy (non-hydrogen) atoms. The van der Waals surface area contributed by atoms with Crippen LogP contribution in [0, 0.1) is 18.6 Å². The predicted octanol–water partition coefficient (Wildman–Crippen LogP) is 4.22. The van der Waals surface area contributed by atoms with Gasteiger partial charge in [-0.25, -0.2) is 8.78 Å². The van der Waals surface area contributed by atoms with Gasteiger partial charge in [0, 0.05) is 28.4 Å². The molecule has 0 saturated heterocycles. The molecule has 0 unspecified atom stereocenters. The van der Waals surface area contributed by atoms with Crippen LogP contribution in [0.1, 0.15) is 24.1 Å². The summed E-state index contributed by atoms with van der Waals surface area (Å²) in [4.78, 5) is 12.0. The van der Waals surface area contributed by atoms with Gasteiger partial charge in [-0.3, -0.25) is 4.79 Å². The summed E-state index contributed by atoms with van der Waals surface area (Å²) < 4.78 is 26.6. The van der Waals surface area contributed by atoms with E-state index >= 15 is 0 Å². The summed E-state index contributed by atoms with van der Waals surface area (Å²) in [7, 11) is 0. The largest absolute Gasteiger partial charge is 0.325 e. The molecule has 2 aromatic carbocycles. The molecule has 0 saturated carbocycles. The molecule has 0 radical (unpaired) electrons. The zero-order valence-electron chi connectivity index (χ0n) is 12.8. The second kappa shape index (κ2) is 7.53. The molecule has 0 aliphatic carbocycles. The van der Waals surface area contributed by atoms with Gasteiger partial charge in [0.25, 0.3) is 0 Å². The number of rotatable bonds is 5. The number of benzene rings is 2. The fourth-order valence-corrected chi connectivity index (χ4v) is 2.40. The number of halogens is 3. The van der Waals surface area contributed by atoms with Crippen molar-refractivity contribution in [2.75, 3.05) is 11.9 Å². The van der Waals surface area contributed by atoms with Gasteiger partial charge in [-0.2, -0.15) is 0 Å². The van der Waals surface area contributed by atoms with Crippen molar-refractivity contribution in [1.82, 2.24) is 5.32 Å². The number of amides is 1. The van der Waals surface area contributed by atoms with Crippen molar-refractivity contribution in [2.45, 2.75) is 19.9 Å². The lowest BCUT2D eigenvalue weighted by atomic mass is 10.1. The first kappa shape index (κ1) is 17.4. The zero-order chi connectivity index (χ0) is 17.0. The molecule has 122 valence electrons. The molecular formula is C17H17ClF2N2O. The second-order valence-corrected chi connectivity index (χ2v) is 5.71. The van der Waals surface area contributed by atoms with Crippen LogP contribution in [0.15, 0.2) is 36.4 Å². The Kier molecular flexibility index (Phi) is 5.69. The Morgan fingerprint density at radius 3 is 2.61 bits per heavy atom. The standard InChI is InChI=1S/C17H17ClF2N2O/c1-10-7-12(18)3-6-16(10)22-17(23)9-21-11(2)14-5-4-13(19)8-15(14)20/h3-8,11,21H,9H2,1-2H3,(H,22,23)/t11-/m1/s1. The van der Waals surface area contributed by atoms with E-state index < -0.39 is 17.7 Å². The summed E-state index contributed by atoms with van der Waals surface area (Å²) >= 11 is 5.86. The monoisotopic (exact) mass is 338 g/mol. The molecule has 3 nitrogen and oxygen atoms in total. The fraction of sp³-hybridized carbons (Fsp3) is 0.235. The number of nitrogens with one attached hydrogen (secondary N) is 2. The first-order valence-electron chi connectivity index (χ1n) is 7.11. The predicted molar refractivity (Wildman–Crippen MR) is 87.6 cm³/mol. The van der Waals surface area contributed by atoms with Gasteiger partial charge >= 0.3 is 0 Å². The van der Waals surface area contributed by atoms with E-state index in [-0.39, 0.29) is 12.5 Å². The van der Waals surface area contributed by atoms with Gasteiger partial charge in [-0.1, -0.05) is 17.7 Å². The molecule has 0 aliphatic heterocycles. The van der Waals surface area contributed by atoms with E-state index in [9.17, 15) is 13.6 Å². The summed E-state index contributed by atoms with van der Waals surface area (Å²) in [5, 5.41) is 6.26. The van der Waals surface area contributed by atoms with Crippen molar-refractivity contribution in [1.29, 1.82) is 0 Å². The van der Waals surface area contributed by atoms with Crippen molar-refractivity contribution >= 4 is 23.2 Å². The normalized spacial score (nSPS) is 12.0. The van der Waals surface area contributed by atoms with E-state index in [1.807, 2.05) is 6.92 Å². The van der Waals surface area contributed by atoms with E-state index in [4.69, 9.17) is 11.6 Å². The molecule has 1 atom stereocenters. The number of carbonyl (C=O) groups excluding carboxylic acids is 1. The minimum Gasteiger partial charge on any atom is -0.325 e. The van der Waals surface area contributed by atoms with Crippen LogP contribution in [0.5, 0.6) is 0 Å². The third-order valence-corrected chi connectivity index (χ3v) is 3.70. The fourth-order valence-electron chi connectivity index (χ4n) is 2.17. The first-order chi connectivity index (χ1) is 10.9. The van der Waals surface area contributed by atoms with E-state index in [1.54, 1.807) is 25.1 Å². The average molecular weight is 339 g/mol. The molecule has 6 heteroatoms. The van der Waals surface area contributed by atoms with Crippen LogP contribution in [-0.2, 0) is 4.79 Å². The Morgan fingerprint density at radius 1 is 1.22 bits per heavy atom. The van der Waals surface area contributed by atoms with Gasteiger partial charge in [-0.05, 0) is 43.7 Å². The minimum absolute atomic E-state index is 0.0000491. The third kappa shape index (κ3) is 4.74. The van der Waals surface area contributed by atoms with Gasteiger partial charge < -0.3 is 10.6 Å². The van der Waals surface area contributed by atoms with Gasteiger partial charge in [0.1, 0.15) is 11.6 Å². The Hall–Kier alpha value is -1.98. The Balaban J connectivity index is 1.93. The molecule has 0 aliphatic rings. The maximum Gasteiger partial charge on any atom is 0.238 e. The number of carbonyl (C=O) groups is 1. The third-order valence-electron chi connectivity index (χ3n) is 3.46. The summed E-state index contributed by atoms with van der Waals surface area (Å²) in [6, 6.07) is 8.11. The van der Waals surface area contributed by atoms with Crippen LogP contribution >= 0.6 is 11.6 Å². The average Bonchev–Trinajstić information content (AvgIpc) is 2.48. The van der Waals surface area contributed by atoms with Crippen molar-refractivity contribution in [3.8, 4) is 0 Å². The number of hydrogen-bond donors (Lipinski definition) is 2. The Labute approximate surface area is 138 Å². The first-order valence-corrected chi connectivity index (χ1v) is 7.49. The van der Waals surface area contributed by atoms with Crippen LogP contribution in [0.2, 0.25) is 5.02 Å². The minimum atomic E-state index is -0.640. The van der Waals surface area contributed by atoms with Crippen LogP contribution in [0.4, 0.5) is 14.5 Å². The molecule has 0 spiro atoms. The quantitative estimate of drug-likeness (QED) is 0.857. The Morgan fingerprint density at radius 2 is 1.96 bits per heavy atom. The van der Waals surface area contributed by atoms with E-state index in [2.05, 4.69) is 10.6 Å². The van der Waals surface area contributed by atoms with Gasteiger partial charge in [0.15, 0.2) is 0 Å². The number of aryl methyl sites for hydroxylation is 1. The van der Waals surface area contributed by atoms with Crippen molar-refractivity contribution < 1.29 is 13.6 Å². The highest BCUT2D eigenvalue weighted by Crippen LogP contribution is 2.20. The van der Waals surface area contributed by atoms with Gasteiger partial charge in [0.05, 0.1) is 6.54 Å². The lowest BCUT2D eigenvalue weighted by Gasteiger charge is -2.15. The summed E-state index contributed by atoms with van der Waals surface area (Å²) in [6.07, 6.45) is 0. The number of anilines is 1. The molecule has 0 aromatic heterocycles. The lowest BCUT2D eigenvalue weighted by molar-refractivity contribution is -0.115. The molecule has 1 amide bonds. The van der Waals surface area contributed by atoms with Gasteiger partial charge in [-0.15, -0.1) is 0 Å². The lowest BCUT2D eigenvalue weighted by Crippen LogP contribution is -2.30.